The van der Waals surface area contributed by atoms with Crippen molar-refractivity contribution < 1.29 is 9.59 Å². The van der Waals surface area contributed by atoms with Crippen LogP contribution in [-0.2, 0) is 0 Å². The van der Waals surface area contributed by atoms with Crippen molar-refractivity contribution in [2.24, 2.45) is 40.9 Å². The molecule has 9 aliphatic rings. The van der Waals surface area contributed by atoms with Crippen molar-refractivity contribution in [2.75, 3.05) is 0 Å². The molecule has 6 unspecified atom stereocenters. The molecule has 0 heterocycles. The van der Waals surface area contributed by atoms with E-state index in [2.05, 4.69) is 89.6 Å². The van der Waals surface area contributed by atoms with Crippen molar-refractivity contribution in [2.45, 2.75) is 100 Å². The molecule has 11 rings (SSSR count). The lowest BCUT2D eigenvalue weighted by atomic mass is 9.51. The molecule has 2 N–H and O–H groups in total. The van der Waals surface area contributed by atoms with E-state index in [4.69, 9.17) is 0 Å². The van der Waals surface area contributed by atoms with Crippen LogP contribution in [0.1, 0.15) is 121 Å². The Hall–Kier alpha value is -3.92. The zero-order valence-corrected chi connectivity index (χ0v) is 29.9. The average molecular weight is 677 g/mol. The molecule has 0 saturated heterocycles. The van der Waals surface area contributed by atoms with Crippen LogP contribution in [0.3, 0.4) is 0 Å². The molecule has 0 aliphatic heterocycles. The maximum absolute atomic E-state index is 13.9. The number of hydrogen-bond acceptors (Lipinski definition) is 2. The highest BCUT2D eigenvalue weighted by Crippen LogP contribution is 2.77. The van der Waals surface area contributed by atoms with Crippen LogP contribution in [0.4, 0.5) is 0 Å². The van der Waals surface area contributed by atoms with Gasteiger partial charge in [-0.05, 0) is 165 Å². The fourth-order valence-electron chi connectivity index (χ4n) is 13.7. The molecule has 4 heteroatoms. The molecule has 4 nitrogen and oxygen atoms in total. The highest BCUT2D eigenvalue weighted by Gasteiger charge is 2.74. The first-order chi connectivity index (χ1) is 24.9. The van der Waals surface area contributed by atoms with Crippen LogP contribution in [0.5, 0.6) is 0 Å². The van der Waals surface area contributed by atoms with E-state index in [1.807, 2.05) is 24.3 Å². The summed E-state index contributed by atoms with van der Waals surface area (Å²) in [6.45, 7) is 0. The summed E-state index contributed by atoms with van der Waals surface area (Å²) in [6, 6.07) is 16.7. The van der Waals surface area contributed by atoms with Crippen molar-refractivity contribution in [3.63, 3.8) is 0 Å². The van der Waals surface area contributed by atoms with E-state index in [1.54, 1.807) is 0 Å². The van der Waals surface area contributed by atoms with Gasteiger partial charge in [0.25, 0.3) is 11.8 Å². The number of hydrogen-bond donors (Lipinski definition) is 2. The van der Waals surface area contributed by atoms with Crippen LogP contribution >= 0.6 is 0 Å². The van der Waals surface area contributed by atoms with Gasteiger partial charge >= 0.3 is 0 Å². The molecule has 262 valence electrons. The highest BCUT2D eigenvalue weighted by atomic mass is 16.2. The second kappa shape index (κ2) is 12.1. The Balaban J connectivity index is 0.917. The lowest BCUT2D eigenvalue weighted by molar-refractivity contribution is -0.0484. The Kier molecular flexibility index (Phi) is 7.52. The van der Waals surface area contributed by atoms with Crippen LogP contribution < -0.4 is 10.6 Å². The zero-order valence-electron chi connectivity index (χ0n) is 29.9. The summed E-state index contributed by atoms with van der Waals surface area (Å²) < 4.78 is 0. The molecule has 7 bridgehead atoms. The van der Waals surface area contributed by atoms with Crippen LogP contribution in [-0.4, -0.2) is 22.9 Å². The number of carbonyl (C=O) groups excluding carboxylic acids is 2. The van der Waals surface area contributed by atoms with Gasteiger partial charge in [0.1, 0.15) is 0 Å². The fourth-order valence-corrected chi connectivity index (χ4v) is 13.7. The molecule has 8 saturated carbocycles. The molecule has 8 fully saturated rings. The Bertz CT molecular complexity index is 1840. The summed E-state index contributed by atoms with van der Waals surface area (Å²) >= 11 is 0. The predicted molar refractivity (Wildman–Crippen MR) is 203 cm³/mol. The van der Waals surface area contributed by atoms with Gasteiger partial charge in [0.05, 0.1) is 0 Å². The number of amides is 2. The molecule has 6 atom stereocenters. The van der Waals surface area contributed by atoms with E-state index >= 15 is 0 Å². The van der Waals surface area contributed by atoms with Gasteiger partial charge in [-0.25, -0.2) is 0 Å². The number of benzene rings is 2. The van der Waals surface area contributed by atoms with Gasteiger partial charge in [0.2, 0.25) is 0 Å². The van der Waals surface area contributed by atoms with E-state index in [0.29, 0.717) is 5.41 Å². The number of nitrogens with one attached hydrogen (secondary N) is 2. The normalized spacial score (nSPS) is 42.0. The van der Waals surface area contributed by atoms with Crippen molar-refractivity contribution >= 4 is 11.8 Å². The lowest BCUT2D eigenvalue weighted by Gasteiger charge is -2.59. The number of carbonyl (C=O) groups is 2. The molecule has 2 amide bonds. The molecule has 0 aromatic heterocycles. The first-order valence-corrected chi connectivity index (χ1v) is 20.1. The molecular formula is C47H52N2O2. The quantitative estimate of drug-likeness (QED) is 0.307. The van der Waals surface area contributed by atoms with Gasteiger partial charge in [0, 0.05) is 28.1 Å². The molecule has 2 aromatic carbocycles. The molecule has 2 aromatic rings. The largest absolute Gasteiger partial charge is 0.347 e. The molecule has 1 spiro atoms. The van der Waals surface area contributed by atoms with E-state index < -0.39 is 0 Å². The van der Waals surface area contributed by atoms with Gasteiger partial charge in [-0.2, -0.15) is 0 Å². The second-order valence-electron chi connectivity index (χ2n) is 18.2. The second-order valence-corrected chi connectivity index (χ2v) is 18.2. The van der Waals surface area contributed by atoms with Gasteiger partial charge < -0.3 is 10.6 Å². The topological polar surface area (TPSA) is 58.2 Å². The van der Waals surface area contributed by atoms with E-state index in [9.17, 15) is 9.59 Å². The van der Waals surface area contributed by atoms with Crippen molar-refractivity contribution in [1.29, 1.82) is 0 Å². The van der Waals surface area contributed by atoms with E-state index in [0.717, 1.165) is 89.0 Å². The Morgan fingerprint density at radius 1 is 0.569 bits per heavy atom. The van der Waals surface area contributed by atoms with Crippen molar-refractivity contribution in [1.82, 2.24) is 10.6 Å². The average Bonchev–Trinajstić information content (AvgIpc) is 3.39. The molecule has 0 radical (unpaired) electrons. The lowest BCUT2D eigenvalue weighted by Crippen LogP contribution is -2.67. The Morgan fingerprint density at radius 2 is 1.14 bits per heavy atom. The summed E-state index contributed by atoms with van der Waals surface area (Å²) in [5.41, 5.74) is 5.30. The summed E-state index contributed by atoms with van der Waals surface area (Å²) in [6.07, 6.45) is 35.5. The van der Waals surface area contributed by atoms with Crippen molar-refractivity contribution in [3.8, 4) is 0 Å². The monoisotopic (exact) mass is 676 g/mol. The molecule has 51 heavy (non-hydrogen) atoms. The number of rotatable bonds is 7. The minimum absolute atomic E-state index is 0.00445. The first-order valence-electron chi connectivity index (χ1n) is 20.1. The van der Waals surface area contributed by atoms with Gasteiger partial charge in [-0.1, -0.05) is 78.9 Å². The van der Waals surface area contributed by atoms with Crippen molar-refractivity contribution in [3.05, 3.63) is 131 Å². The Labute approximate surface area is 303 Å². The predicted octanol–water partition coefficient (Wildman–Crippen LogP) is 9.77. The smallest absolute Gasteiger partial charge is 0.251 e. The third kappa shape index (κ3) is 5.37. The summed E-state index contributed by atoms with van der Waals surface area (Å²) in [7, 11) is 0. The zero-order chi connectivity index (χ0) is 34.2. The van der Waals surface area contributed by atoms with Crippen LogP contribution in [0.2, 0.25) is 0 Å². The van der Waals surface area contributed by atoms with E-state index in [1.165, 1.54) is 57.8 Å². The first kappa shape index (κ1) is 31.8. The van der Waals surface area contributed by atoms with Gasteiger partial charge in [-0.3, -0.25) is 9.59 Å². The Morgan fingerprint density at radius 3 is 1.80 bits per heavy atom. The third-order valence-electron chi connectivity index (χ3n) is 15.1. The summed E-state index contributed by atoms with van der Waals surface area (Å²) in [4.78, 5) is 27.6. The van der Waals surface area contributed by atoms with E-state index in [-0.39, 0.29) is 28.8 Å². The number of fused-ring (bicyclic) bond motifs is 2. The summed E-state index contributed by atoms with van der Waals surface area (Å²) in [5, 5.41) is 7.21. The standard InChI is InChI=1S/C47H52N2O2/c50-43(48-45-24-31-19-32(25-45)21-33(20-31)26-45)39-15-11-37(12-16-39)42(36-9-7-5-3-1-2-4-6-8-10-36)38-13-17-40(18-14-38)44(51)49-47-29-35-22-34-23-41(30-47)46(47,27-34)28-35/h1,3-18,31-35,41-42H,2,19-30H2,(H,48,50)(H,49,51)/b3-1-,6-4-,7-5-,10-8-,36-9+. The fraction of sp³-hybridized carbons (Fsp3) is 0.489. The van der Waals surface area contributed by atoms with Crippen LogP contribution in [0, 0.1) is 40.9 Å². The summed E-state index contributed by atoms with van der Waals surface area (Å²) in [5.74, 6) is 5.01. The van der Waals surface area contributed by atoms with Gasteiger partial charge in [-0.15, -0.1) is 0 Å². The van der Waals surface area contributed by atoms with Crippen LogP contribution in [0.15, 0.2) is 109 Å². The minimum Gasteiger partial charge on any atom is -0.347 e. The highest BCUT2D eigenvalue weighted by molar-refractivity contribution is 5.95. The molecular weight excluding hydrogens is 625 g/mol. The maximum Gasteiger partial charge on any atom is 0.251 e. The van der Waals surface area contributed by atoms with Crippen LogP contribution in [0.25, 0.3) is 0 Å². The number of allylic oxidation sites excluding steroid dienone is 10. The third-order valence-corrected chi connectivity index (χ3v) is 15.1. The maximum atomic E-state index is 13.9. The minimum atomic E-state index is -0.0595. The SMILES string of the molecule is O=C(NC12CC3CC(CC(C3)C1)C2)c1ccc(C(C2=C/C=C\C=C/C\C=C/C=C\2)c2ccc(C(=O)NC34CC5CC6CC(C3)C4(C6)C5)cc2)cc1. The van der Waals surface area contributed by atoms with Gasteiger partial charge in [0.15, 0.2) is 0 Å². The molecule has 9 aliphatic carbocycles.